The SMILES string of the molecule is C=C(/C=C(\C=C/C)Oc1cccc(C[C@@]2(C)c3ccccc3-c3cc4ccccc4cc32)c1)C[C@]1(C)c2ccccc2-c2cc3ccccc3cc21. The van der Waals surface area contributed by atoms with E-state index in [4.69, 9.17) is 4.74 Å². The van der Waals surface area contributed by atoms with E-state index in [1.54, 1.807) is 0 Å². The number of hydrogen-bond acceptors (Lipinski definition) is 1. The Morgan fingerprint density at radius 1 is 0.558 bits per heavy atom. The van der Waals surface area contributed by atoms with Gasteiger partial charge >= 0.3 is 0 Å². The molecule has 0 saturated carbocycles. The topological polar surface area (TPSA) is 9.23 Å². The first-order valence-electron chi connectivity index (χ1n) is 18.4. The highest BCUT2D eigenvalue weighted by atomic mass is 16.5. The van der Waals surface area contributed by atoms with Crippen LogP contribution in [-0.4, -0.2) is 0 Å². The smallest absolute Gasteiger partial charge is 0.127 e. The fourth-order valence-electron chi connectivity index (χ4n) is 9.15. The molecule has 1 heteroatoms. The summed E-state index contributed by atoms with van der Waals surface area (Å²) in [6.45, 7) is 11.4. The number of allylic oxidation sites excluding steroid dienone is 4. The van der Waals surface area contributed by atoms with Gasteiger partial charge in [-0.15, -0.1) is 0 Å². The van der Waals surface area contributed by atoms with E-state index >= 15 is 0 Å². The summed E-state index contributed by atoms with van der Waals surface area (Å²) < 4.78 is 6.67. The Labute approximate surface area is 307 Å². The summed E-state index contributed by atoms with van der Waals surface area (Å²) in [5, 5.41) is 5.11. The van der Waals surface area contributed by atoms with E-state index in [-0.39, 0.29) is 10.8 Å². The van der Waals surface area contributed by atoms with Gasteiger partial charge in [0.2, 0.25) is 0 Å². The van der Waals surface area contributed by atoms with Crippen LogP contribution in [0.2, 0.25) is 0 Å². The highest BCUT2D eigenvalue weighted by Gasteiger charge is 2.41. The molecule has 0 spiro atoms. The highest BCUT2D eigenvalue weighted by Crippen LogP contribution is 2.53. The molecule has 2 aliphatic rings. The molecule has 0 radical (unpaired) electrons. The molecule has 7 aromatic rings. The fraction of sp³-hybridized carbons (Fsp3) is 0.137. The number of hydrogen-bond donors (Lipinski definition) is 0. The van der Waals surface area contributed by atoms with E-state index in [0.29, 0.717) is 0 Å². The molecule has 0 fully saturated rings. The molecule has 0 heterocycles. The Kier molecular flexibility index (Phi) is 7.63. The second-order valence-corrected chi connectivity index (χ2v) is 15.1. The van der Waals surface area contributed by atoms with Crippen molar-refractivity contribution in [3.05, 3.63) is 210 Å². The van der Waals surface area contributed by atoms with E-state index in [0.717, 1.165) is 29.9 Å². The van der Waals surface area contributed by atoms with Crippen molar-refractivity contribution in [3.8, 4) is 28.0 Å². The molecule has 2 atom stereocenters. The van der Waals surface area contributed by atoms with Crippen LogP contribution in [0.5, 0.6) is 5.75 Å². The number of fused-ring (bicyclic) bond motifs is 8. The van der Waals surface area contributed by atoms with E-state index in [1.165, 1.54) is 71.6 Å². The average molecular weight is 671 g/mol. The van der Waals surface area contributed by atoms with Crippen LogP contribution in [0.25, 0.3) is 43.8 Å². The van der Waals surface area contributed by atoms with Gasteiger partial charge in [-0.2, -0.15) is 0 Å². The van der Waals surface area contributed by atoms with Crippen molar-refractivity contribution in [2.24, 2.45) is 0 Å². The van der Waals surface area contributed by atoms with Crippen molar-refractivity contribution in [1.82, 2.24) is 0 Å². The van der Waals surface area contributed by atoms with Crippen LogP contribution in [0.1, 0.15) is 55.0 Å². The summed E-state index contributed by atoms with van der Waals surface area (Å²) in [5.74, 6) is 1.62. The van der Waals surface area contributed by atoms with Gasteiger partial charge in [-0.3, -0.25) is 0 Å². The van der Waals surface area contributed by atoms with Crippen LogP contribution in [-0.2, 0) is 17.3 Å². The largest absolute Gasteiger partial charge is 0.457 e. The molecule has 0 aliphatic heterocycles. The van der Waals surface area contributed by atoms with Crippen molar-refractivity contribution in [2.45, 2.75) is 44.4 Å². The molecule has 0 amide bonds. The van der Waals surface area contributed by atoms with E-state index in [1.807, 2.05) is 19.1 Å². The van der Waals surface area contributed by atoms with Crippen LogP contribution in [0.3, 0.4) is 0 Å². The van der Waals surface area contributed by atoms with Crippen LogP contribution < -0.4 is 4.74 Å². The number of benzene rings is 7. The lowest BCUT2D eigenvalue weighted by atomic mass is 9.75. The maximum Gasteiger partial charge on any atom is 0.127 e. The zero-order valence-electron chi connectivity index (χ0n) is 30.1. The molecular weight excluding hydrogens is 629 g/mol. The van der Waals surface area contributed by atoms with Gasteiger partial charge in [0.25, 0.3) is 0 Å². The summed E-state index contributed by atoms with van der Waals surface area (Å²) in [5.41, 5.74) is 12.7. The Morgan fingerprint density at radius 3 is 1.67 bits per heavy atom. The van der Waals surface area contributed by atoms with Gasteiger partial charge in [0.15, 0.2) is 0 Å². The predicted octanol–water partition coefficient (Wildman–Crippen LogP) is 13.3. The summed E-state index contributed by atoms with van der Waals surface area (Å²) >= 11 is 0. The molecule has 52 heavy (non-hydrogen) atoms. The minimum Gasteiger partial charge on any atom is -0.457 e. The van der Waals surface area contributed by atoms with Crippen LogP contribution in [0.4, 0.5) is 0 Å². The average Bonchev–Trinajstić information content (AvgIpc) is 3.53. The van der Waals surface area contributed by atoms with Crippen LogP contribution in [0.15, 0.2) is 182 Å². The zero-order chi connectivity index (χ0) is 35.5. The first-order chi connectivity index (χ1) is 25.3. The maximum absolute atomic E-state index is 6.67. The lowest BCUT2D eigenvalue weighted by Gasteiger charge is -2.28. The van der Waals surface area contributed by atoms with E-state index in [2.05, 4.69) is 172 Å². The van der Waals surface area contributed by atoms with Gasteiger partial charge in [0.05, 0.1) is 0 Å². The summed E-state index contributed by atoms with van der Waals surface area (Å²) in [6, 6.07) is 53.3. The van der Waals surface area contributed by atoms with Crippen molar-refractivity contribution < 1.29 is 4.74 Å². The summed E-state index contributed by atoms with van der Waals surface area (Å²) in [4.78, 5) is 0. The molecular formula is C51H42O. The molecule has 252 valence electrons. The van der Waals surface area contributed by atoms with Gasteiger partial charge in [-0.1, -0.05) is 141 Å². The van der Waals surface area contributed by atoms with E-state index < -0.39 is 0 Å². The minimum atomic E-state index is -0.209. The molecule has 9 rings (SSSR count). The molecule has 1 nitrogen and oxygen atoms in total. The Bertz CT molecular complexity index is 2620. The Hall–Kier alpha value is -5.92. The van der Waals surface area contributed by atoms with Crippen molar-refractivity contribution >= 4 is 21.5 Å². The quantitative estimate of drug-likeness (QED) is 0.115. The second kappa shape index (κ2) is 12.4. The van der Waals surface area contributed by atoms with E-state index in [9.17, 15) is 0 Å². The summed E-state index contributed by atoms with van der Waals surface area (Å²) in [6.07, 6.45) is 7.85. The third-order valence-electron chi connectivity index (χ3n) is 11.5. The Morgan fingerprint density at radius 2 is 1.08 bits per heavy atom. The van der Waals surface area contributed by atoms with Crippen molar-refractivity contribution in [3.63, 3.8) is 0 Å². The molecule has 2 aliphatic carbocycles. The number of ether oxygens (including phenoxy) is 1. The van der Waals surface area contributed by atoms with Crippen LogP contribution >= 0.6 is 0 Å². The summed E-state index contributed by atoms with van der Waals surface area (Å²) in [7, 11) is 0. The van der Waals surface area contributed by atoms with Gasteiger partial charge in [-0.05, 0) is 140 Å². The van der Waals surface area contributed by atoms with Gasteiger partial charge in [-0.25, -0.2) is 0 Å². The van der Waals surface area contributed by atoms with Crippen molar-refractivity contribution in [2.75, 3.05) is 0 Å². The normalized spacial score (nSPS) is 18.7. The minimum absolute atomic E-state index is 0.167. The standard InChI is InChI=1S/C51H42O/c1-5-15-40(26-34(2)32-50(3)46-24-12-10-22-42(46)44-28-36-17-6-8-19-38(36)30-48(44)50)52-41-21-14-16-35(27-41)33-51(4)47-25-13-11-23-43(47)45-29-37-18-7-9-20-39(37)31-49(45)51/h5-31H,2,32-33H2,1,3-4H3/b15-5-,40-26+/t50-,51+/m1/s1. The molecule has 0 N–H and O–H groups in total. The number of rotatable bonds is 8. The second-order valence-electron chi connectivity index (χ2n) is 15.1. The monoisotopic (exact) mass is 670 g/mol. The third-order valence-corrected chi connectivity index (χ3v) is 11.5. The Balaban J connectivity index is 1.01. The molecule has 7 aromatic carbocycles. The third kappa shape index (κ3) is 5.23. The first-order valence-corrected chi connectivity index (χ1v) is 18.4. The van der Waals surface area contributed by atoms with Crippen LogP contribution in [0, 0.1) is 0 Å². The predicted molar refractivity (Wildman–Crippen MR) is 219 cm³/mol. The zero-order valence-corrected chi connectivity index (χ0v) is 30.1. The van der Waals surface area contributed by atoms with Gasteiger partial charge in [0.1, 0.15) is 11.5 Å². The maximum atomic E-state index is 6.67. The fourth-order valence-corrected chi connectivity index (χ4v) is 9.15. The van der Waals surface area contributed by atoms with Crippen molar-refractivity contribution in [1.29, 1.82) is 0 Å². The highest BCUT2D eigenvalue weighted by molar-refractivity contribution is 5.95. The molecule has 0 unspecified atom stereocenters. The van der Waals surface area contributed by atoms with Gasteiger partial charge < -0.3 is 4.74 Å². The molecule has 0 aromatic heterocycles. The lowest BCUT2D eigenvalue weighted by Crippen LogP contribution is -2.24. The lowest BCUT2D eigenvalue weighted by molar-refractivity contribution is 0.441. The molecule has 0 bridgehead atoms. The van der Waals surface area contributed by atoms with Gasteiger partial charge in [0, 0.05) is 10.8 Å². The molecule has 0 saturated heterocycles. The first kappa shape index (κ1) is 32.0.